The van der Waals surface area contributed by atoms with Gasteiger partial charge in [0, 0.05) is 12.6 Å². The van der Waals surface area contributed by atoms with E-state index in [-0.39, 0.29) is 18.0 Å². The van der Waals surface area contributed by atoms with Crippen molar-refractivity contribution < 1.29 is 14.6 Å². The Labute approximate surface area is 96.4 Å². The number of carbonyl (C=O) groups is 1. The Balaban J connectivity index is 1.90. The fourth-order valence-corrected chi connectivity index (χ4v) is 2.95. The summed E-state index contributed by atoms with van der Waals surface area (Å²) >= 11 is 0. The number of carbonyl (C=O) groups excluding carboxylic acids is 1. The quantitative estimate of drug-likeness (QED) is 0.681. The molecule has 0 aromatic heterocycles. The van der Waals surface area contributed by atoms with Gasteiger partial charge in [-0.3, -0.25) is 4.79 Å². The molecule has 92 valence electrons. The Morgan fingerprint density at radius 1 is 1.44 bits per heavy atom. The van der Waals surface area contributed by atoms with Crippen LogP contribution in [0.15, 0.2) is 0 Å². The molecule has 0 spiro atoms. The van der Waals surface area contributed by atoms with Crippen LogP contribution >= 0.6 is 0 Å². The predicted molar refractivity (Wildman–Crippen MR) is 59.9 cm³/mol. The Morgan fingerprint density at radius 2 is 2.25 bits per heavy atom. The Bertz CT molecular complexity index is 257. The van der Waals surface area contributed by atoms with Crippen LogP contribution in [0.1, 0.15) is 32.6 Å². The summed E-state index contributed by atoms with van der Waals surface area (Å²) in [5.41, 5.74) is 0. The second-order valence-corrected chi connectivity index (χ2v) is 4.93. The topological polar surface area (TPSA) is 58.6 Å². The lowest BCUT2D eigenvalue weighted by Gasteiger charge is -2.40. The van der Waals surface area contributed by atoms with Crippen LogP contribution < -0.4 is 5.32 Å². The molecule has 1 saturated heterocycles. The minimum absolute atomic E-state index is 0.0218. The molecule has 1 aliphatic heterocycles. The number of rotatable bonds is 2. The monoisotopic (exact) mass is 227 g/mol. The van der Waals surface area contributed by atoms with E-state index in [0.717, 1.165) is 32.2 Å². The average molecular weight is 227 g/mol. The maximum atomic E-state index is 11.6. The van der Waals surface area contributed by atoms with Gasteiger partial charge in [-0.25, -0.2) is 0 Å². The number of esters is 1. The van der Waals surface area contributed by atoms with Gasteiger partial charge in [0.15, 0.2) is 0 Å². The highest BCUT2D eigenvalue weighted by Gasteiger charge is 2.37. The zero-order valence-electron chi connectivity index (χ0n) is 9.82. The molecule has 0 aromatic carbocycles. The van der Waals surface area contributed by atoms with Gasteiger partial charge in [0.2, 0.25) is 0 Å². The van der Waals surface area contributed by atoms with Crippen LogP contribution in [-0.2, 0) is 9.53 Å². The van der Waals surface area contributed by atoms with E-state index in [0.29, 0.717) is 18.6 Å². The van der Waals surface area contributed by atoms with E-state index in [1.54, 1.807) is 0 Å². The zero-order chi connectivity index (χ0) is 11.5. The van der Waals surface area contributed by atoms with Crippen LogP contribution in [0.4, 0.5) is 0 Å². The van der Waals surface area contributed by atoms with E-state index < -0.39 is 0 Å². The van der Waals surface area contributed by atoms with Crippen molar-refractivity contribution in [3.63, 3.8) is 0 Å². The summed E-state index contributed by atoms with van der Waals surface area (Å²) in [6.07, 6.45) is 3.43. The highest BCUT2D eigenvalue weighted by atomic mass is 16.5. The van der Waals surface area contributed by atoms with Crippen LogP contribution in [0.25, 0.3) is 0 Å². The maximum absolute atomic E-state index is 11.6. The van der Waals surface area contributed by atoms with E-state index >= 15 is 0 Å². The molecule has 2 N–H and O–H groups in total. The summed E-state index contributed by atoms with van der Waals surface area (Å²) in [5, 5.41) is 13.1. The third kappa shape index (κ3) is 2.55. The highest BCUT2D eigenvalue weighted by Crippen LogP contribution is 2.33. The Kier molecular flexibility index (Phi) is 3.82. The first kappa shape index (κ1) is 11.9. The third-order valence-electron chi connectivity index (χ3n) is 3.79. The molecular weight excluding hydrogens is 206 g/mol. The number of aliphatic hydroxyl groups excluding tert-OH is 1. The normalized spacial score (nSPS) is 38.9. The van der Waals surface area contributed by atoms with E-state index in [2.05, 4.69) is 5.32 Å². The molecule has 16 heavy (non-hydrogen) atoms. The van der Waals surface area contributed by atoms with Crippen molar-refractivity contribution in [2.24, 2.45) is 11.8 Å². The van der Waals surface area contributed by atoms with Gasteiger partial charge in [-0.15, -0.1) is 0 Å². The molecule has 1 heterocycles. The fourth-order valence-electron chi connectivity index (χ4n) is 2.95. The second-order valence-electron chi connectivity index (χ2n) is 4.93. The van der Waals surface area contributed by atoms with E-state index in [1.165, 1.54) is 0 Å². The smallest absolute Gasteiger partial charge is 0.310 e. The molecule has 1 aliphatic carbocycles. The lowest BCUT2D eigenvalue weighted by molar-refractivity contribution is -0.150. The lowest BCUT2D eigenvalue weighted by Crippen LogP contribution is -2.50. The second kappa shape index (κ2) is 5.15. The van der Waals surface area contributed by atoms with E-state index in [4.69, 9.17) is 4.74 Å². The molecule has 1 saturated carbocycles. The standard InChI is InChI=1S/C12H21NO3/c1-2-16-12(15)9-5-8-6-10(14)3-4-11(8)13-7-9/h8-11,13-14H,2-7H2,1H3. The lowest BCUT2D eigenvalue weighted by atomic mass is 9.75. The molecule has 0 amide bonds. The van der Waals surface area contributed by atoms with E-state index in [1.807, 2.05) is 6.92 Å². The van der Waals surface area contributed by atoms with Gasteiger partial charge in [0.1, 0.15) is 0 Å². The Hall–Kier alpha value is -0.610. The minimum Gasteiger partial charge on any atom is -0.466 e. The number of nitrogens with one attached hydrogen (secondary N) is 1. The SMILES string of the molecule is CCOC(=O)C1CNC2CCC(O)CC2C1. The van der Waals surface area contributed by atoms with Crippen molar-refractivity contribution in [3.8, 4) is 0 Å². The van der Waals surface area contributed by atoms with Crippen molar-refractivity contribution in [1.29, 1.82) is 0 Å². The number of fused-ring (bicyclic) bond motifs is 1. The van der Waals surface area contributed by atoms with Crippen molar-refractivity contribution >= 4 is 5.97 Å². The number of aliphatic hydroxyl groups is 1. The molecule has 4 nitrogen and oxygen atoms in total. The zero-order valence-corrected chi connectivity index (χ0v) is 9.82. The molecule has 2 rings (SSSR count). The maximum Gasteiger partial charge on any atom is 0.310 e. The summed E-state index contributed by atoms with van der Waals surface area (Å²) in [4.78, 5) is 11.6. The number of piperidine rings is 1. The fraction of sp³-hybridized carbons (Fsp3) is 0.917. The molecule has 0 radical (unpaired) electrons. The number of ether oxygens (including phenoxy) is 1. The molecule has 4 heteroatoms. The summed E-state index contributed by atoms with van der Waals surface area (Å²) in [6.45, 7) is 3.02. The third-order valence-corrected chi connectivity index (χ3v) is 3.79. The first-order valence-electron chi connectivity index (χ1n) is 6.28. The van der Waals surface area contributed by atoms with Crippen molar-refractivity contribution in [2.45, 2.75) is 44.8 Å². The molecular formula is C12H21NO3. The summed E-state index contributed by atoms with van der Waals surface area (Å²) in [6, 6.07) is 0.495. The molecule has 0 bridgehead atoms. The van der Waals surface area contributed by atoms with Gasteiger partial charge in [-0.05, 0) is 38.5 Å². The van der Waals surface area contributed by atoms with Crippen LogP contribution in [0.2, 0.25) is 0 Å². The Morgan fingerprint density at radius 3 is 3.00 bits per heavy atom. The van der Waals surface area contributed by atoms with Crippen molar-refractivity contribution in [2.75, 3.05) is 13.2 Å². The molecule has 0 aromatic rings. The number of hydrogen-bond acceptors (Lipinski definition) is 4. The van der Waals surface area contributed by atoms with Gasteiger partial charge in [0.25, 0.3) is 0 Å². The van der Waals surface area contributed by atoms with Gasteiger partial charge >= 0.3 is 5.97 Å². The average Bonchev–Trinajstić information content (AvgIpc) is 2.28. The van der Waals surface area contributed by atoms with Gasteiger partial charge in [-0.2, -0.15) is 0 Å². The molecule has 4 unspecified atom stereocenters. The first-order valence-corrected chi connectivity index (χ1v) is 6.28. The van der Waals surface area contributed by atoms with E-state index in [9.17, 15) is 9.90 Å². The van der Waals surface area contributed by atoms with Crippen molar-refractivity contribution in [1.82, 2.24) is 5.32 Å². The summed E-state index contributed by atoms with van der Waals surface area (Å²) < 4.78 is 5.05. The van der Waals surface area contributed by atoms with Crippen LogP contribution in [0.3, 0.4) is 0 Å². The van der Waals surface area contributed by atoms with Crippen molar-refractivity contribution in [3.05, 3.63) is 0 Å². The van der Waals surface area contributed by atoms with Gasteiger partial charge in [-0.1, -0.05) is 0 Å². The molecule has 4 atom stereocenters. The van der Waals surface area contributed by atoms with Crippen LogP contribution in [0.5, 0.6) is 0 Å². The number of hydrogen-bond donors (Lipinski definition) is 2. The first-order chi connectivity index (χ1) is 7.70. The summed E-state index contributed by atoms with van der Waals surface area (Å²) in [5.74, 6) is 0.326. The van der Waals surface area contributed by atoms with Crippen LogP contribution in [0, 0.1) is 11.8 Å². The van der Waals surface area contributed by atoms with Gasteiger partial charge < -0.3 is 15.2 Å². The largest absolute Gasteiger partial charge is 0.466 e. The highest BCUT2D eigenvalue weighted by molar-refractivity contribution is 5.72. The summed E-state index contributed by atoms with van der Waals surface area (Å²) in [7, 11) is 0. The minimum atomic E-state index is -0.177. The van der Waals surface area contributed by atoms with Crippen LogP contribution in [-0.4, -0.2) is 36.4 Å². The molecule has 2 fully saturated rings. The predicted octanol–water partition coefficient (Wildman–Crippen LogP) is 0.689. The molecule has 2 aliphatic rings. The van der Waals surface area contributed by atoms with Gasteiger partial charge in [0.05, 0.1) is 18.6 Å².